The molecule has 2 bridgehead atoms. The number of hydrogen-bond acceptors (Lipinski definition) is 2. The Morgan fingerprint density at radius 2 is 2.06 bits per heavy atom. The van der Waals surface area contributed by atoms with Crippen LogP contribution >= 0.6 is 0 Å². The molecule has 0 heterocycles. The lowest BCUT2D eigenvalue weighted by Gasteiger charge is -2.29. The molecule has 0 amide bonds. The van der Waals surface area contributed by atoms with Gasteiger partial charge in [-0.15, -0.1) is 0 Å². The average Bonchev–Trinajstić information content (AvgIpc) is 2.78. The van der Waals surface area contributed by atoms with E-state index < -0.39 is 0 Å². The molecule has 0 aromatic heterocycles. The Morgan fingerprint density at radius 3 is 2.56 bits per heavy atom. The first kappa shape index (κ1) is 12.4. The predicted molar refractivity (Wildman–Crippen MR) is 69.6 cm³/mol. The topological polar surface area (TPSA) is 15.3 Å². The van der Waals surface area contributed by atoms with Crippen molar-refractivity contribution in [3.05, 3.63) is 0 Å². The van der Waals surface area contributed by atoms with Crippen LogP contribution in [0.3, 0.4) is 0 Å². The van der Waals surface area contributed by atoms with E-state index in [0.29, 0.717) is 6.04 Å². The van der Waals surface area contributed by atoms with Crippen LogP contribution in [0.5, 0.6) is 0 Å². The summed E-state index contributed by atoms with van der Waals surface area (Å²) < 4.78 is 0. The zero-order valence-electron chi connectivity index (χ0n) is 11.2. The lowest BCUT2D eigenvalue weighted by molar-refractivity contribution is 0.247. The van der Waals surface area contributed by atoms with Crippen LogP contribution in [0, 0.1) is 17.8 Å². The lowest BCUT2D eigenvalue weighted by Crippen LogP contribution is -2.40. The first-order valence-electron chi connectivity index (χ1n) is 7.07. The summed E-state index contributed by atoms with van der Waals surface area (Å²) >= 11 is 0. The van der Waals surface area contributed by atoms with Crippen LogP contribution in [0.1, 0.15) is 39.0 Å². The highest BCUT2D eigenvalue weighted by molar-refractivity contribution is 4.92. The van der Waals surface area contributed by atoms with Crippen molar-refractivity contribution in [1.82, 2.24) is 10.2 Å². The van der Waals surface area contributed by atoms with E-state index in [9.17, 15) is 0 Å². The molecule has 0 aromatic rings. The summed E-state index contributed by atoms with van der Waals surface area (Å²) in [5.74, 6) is 3.20. The van der Waals surface area contributed by atoms with Gasteiger partial charge in [0.05, 0.1) is 0 Å². The highest BCUT2D eigenvalue weighted by atomic mass is 15.1. The van der Waals surface area contributed by atoms with Crippen molar-refractivity contribution >= 4 is 0 Å². The molecule has 4 unspecified atom stereocenters. The minimum Gasteiger partial charge on any atom is -0.313 e. The van der Waals surface area contributed by atoms with Crippen molar-refractivity contribution in [3.63, 3.8) is 0 Å². The van der Waals surface area contributed by atoms with E-state index >= 15 is 0 Å². The molecule has 2 aliphatic rings. The molecular weight excluding hydrogens is 196 g/mol. The third-order valence-electron chi connectivity index (χ3n) is 4.55. The minimum absolute atomic E-state index is 0.712. The molecule has 2 aliphatic carbocycles. The van der Waals surface area contributed by atoms with Crippen LogP contribution in [-0.2, 0) is 0 Å². The third kappa shape index (κ3) is 2.98. The number of fused-ring (bicyclic) bond motifs is 2. The quantitative estimate of drug-likeness (QED) is 0.745. The number of likely N-dealkylation sites (N-methyl/N-ethyl adjacent to an activating group) is 2. The van der Waals surface area contributed by atoms with E-state index in [0.717, 1.165) is 24.3 Å². The predicted octanol–water partition coefficient (Wildman–Crippen LogP) is 2.35. The Labute approximate surface area is 101 Å². The van der Waals surface area contributed by atoms with E-state index in [1.165, 1.54) is 32.2 Å². The summed E-state index contributed by atoms with van der Waals surface area (Å²) in [4.78, 5) is 2.32. The minimum atomic E-state index is 0.712. The molecule has 0 radical (unpaired) electrons. The molecule has 0 aromatic carbocycles. The van der Waals surface area contributed by atoms with Crippen LogP contribution in [0.25, 0.3) is 0 Å². The lowest BCUT2D eigenvalue weighted by atomic mass is 9.84. The van der Waals surface area contributed by atoms with E-state index in [1.807, 2.05) is 0 Å². The SMILES string of the molecule is CCNC(CC1CC2CCC1C2)CN(C)C. The molecule has 4 atom stereocenters. The maximum absolute atomic E-state index is 3.66. The first-order chi connectivity index (χ1) is 7.69. The van der Waals surface area contributed by atoms with Crippen molar-refractivity contribution in [2.45, 2.75) is 45.1 Å². The van der Waals surface area contributed by atoms with Crippen LogP contribution < -0.4 is 5.32 Å². The summed E-state index contributed by atoms with van der Waals surface area (Å²) in [5, 5.41) is 3.66. The van der Waals surface area contributed by atoms with Gasteiger partial charge in [-0.05, 0) is 64.1 Å². The Balaban J connectivity index is 1.80. The molecule has 16 heavy (non-hydrogen) atoms. The van der Waals surface area contributed by atoms with Gasteiger partial charge in [0.15, 0.2) is 0 Å². The van der Waals surface area contributed by atoms with E-state index in [4.69, 9.17) is 0 Å². The fraction of sp³-hybridized carbons (Fsp3) is 1.00. The fourth-order valence-corrected chi connectivity index (χ4v) is 3.98. The summed E-state index contributed by atoms with van der Waals surface area (Å²) in [6, 6.07) is 0.712. The van der Waals surface area contributed by atoms with E-state index in [2.05, 4.69) is 31.2 Å². The normalized spacial score (nSPS) is 34.9. The second-order valence-corrected chi connectivity index (χ2v) is 6.19. The number of nitrogens with one attached hydrogen (secondary N) is 1. The summed E-state index contributed by atoms with van der Waals surface area (Å²) in [5.41, 5.74) is 0. The molecule has 2 saturated carbocycles. The summed E-state index contributed by atoms with van der Waals surface area (Å²) in [6.45, 7) is 4.53. The van der Waals surface area contributed by atoms with Crippen LogP contribution in [0.2, 0.25) is 0 Å². The van der Waals surface area contributed by atoms with Gasteiger partial charge in [-0.25, -0.2) is 0 Å². The van der Waals surface area contributed by atoms with Gasteiger partial charge in [-0.2, -0.15) is 0 Å². The monoisotopic (exact) mass is 224 g/mol. The Hall–Kier alpha value is -0.0800. The number of nitrogens with zero attached hydrogens (tertiary/aromatic N) is 1. The second-order valence-electron chi connectivity index (χ2n) is 6.19. The first-order valence-corrected chi connectivity index (χ1v) is 7.07. The molecule has 0 aliphatic heterocycles. The largest absolute Gasteiger partial charge is 0.313 e. The molecule has 0 spiro atoms. The smallest absolute Gasteiger partial charge is 0.0197 e. The Bertz CT molecular complexity index is 215. The van der Waals surface area contributed by atoms with Gasteiger partial charge in [0.2, 0.25) is 0 Å². The van der Waals surface area contributed by atoms with Crippen molar-refractivity contribution < 1.29 is 0 Å². The Kier molecular flexibility index (Phi) is 4.26. The van der Waals surface area contributed by atoms with Gasteiger partial charge in [0.25, 0.3) is 0 Å². The van der Waals surface area contributed by atoms with Gasteiger partial charge in [0.1, 0.15) is 0 Å². The van der Waals surface area contributed by atoms with Gasteiger partial charge >= 0.3 is 0 Å². The van der Waals surface area contributed by atoms with Crippen LogP contribution in [0.4, 0.5) is 0 Å². The van der Waals surface area contributed by atoms with Crippen LogP contribution in [-0.4, -0.2) is 38.1 Å². The van der Waals surface area contributed by atoms with Crippen molar-refractivity contribution in [3.8, 4) is 0 Å². The average molecular weight is 224 g/mol. The molecule has 2 nitrogen and oxygen atoms in total. The number of rotatable bonds is 6. The highest BCUT2D eigenvalue weighted by Gasteiger charge is 2.39. The molecule has 1 N–H and O–H groups in total. The van der Waals surface area contributed by atoms with Crippen molar-refractivity contribution in [2.24, 2.45) is 17.8 Å². The highest BCUT2D eigenvalue weighted by Crippen LogP contribution is 2.49. The third-order valence-corrected chi connectivity index (χ3v) is 4.55. The maximum atomic E-state index is 3.66. The fourth-order valence-electron chi connectivity index (χ4n) is 3.98. The van der Waals surface area contributed by atoms with Gasteiger partial charge in [-0.3, -0.25) is 0 Å². The van der Waals surface area contributed by atoms with E-state index in [-0.39, 0.29) is 0 Å². The van der Waals surface area contributed by atoms with Gasteiger partial charge in [0, 0.05) is 12.6 Å². The van der Waals surface area contributed by atoms with Crippen molar-refractivity contribution in [1.29, 1.82) is 0 Å². The standard InChI is InChI=1S/C14H28N2/c1-4-15-14(10-16(2)3)9-13-8-11-5-6-12(13)7-11/h11-15H,4-10H2,1-3H3. The molecule has 2 heteroatoms. The van der Waals surface area contributed by atoms with Gasteiger partial charge in [-0.1, -0.05) is 13.3 Å². The van der Waals surface area contributed by atoms with Crippen LogP contribution in [0.15, 0.2) is 0 Å². The molecule has 2 fully saturated rings. The zero-order chi connectivity index (χ0) is 11.5. The van der Waals surface area contributed by atoms with Crippen molar-refractivity contribution in [2.75, 3.05) is 27.2 Å². The zero-order valence-corrected chi connectivity index (χ0v) is 11.2. The van der Waals surface area contributed by atoms with Gasteiger partial charge < -0.3 is 10.2 Å². The number of hydrogen-bond donors (Lipinski definition) is 1. The second kappa shape index (κ2) is 5.50. The molecule has 2 rings (SSSR count). The molecular formula is C14H28N2. The van der Waals surface area contributed by atoms with E-state index in [1.54, 1.807) is 6.42 Å². The summed E-state index contributed by atoms with van der Waals surface area (Å²) in [7, 11) is 4.37. The molecule has 94 valence electrons. The molecule has 0 saturated heterocycles. The Morgan fingerprint density at radius 1 is 1.25 bits per heavy atom. The summed E-state index contributed by atoms with van der Waals surface area (Å²) in [6.07, 6.45) is 7.54. The maximum Gasteiger partial charge on any atom is 0.0197 e.